The summed E-state index contributed by atoms with van der Waals surface area (Å²) in [6.07, 6.45) is 4.56. The molecule has 150 valence electrons. The van der Waals surface area contributed by atoms with E-state index in [1.165, 1.54) is 10.9 Å². The van der Waals surface area contributed by atoms with Gasteiger partial charge in [0.05, 0.1) is 18.0 Å². The number of benzene rings is 1. The van der Waals surface area contributed by atoms with Crippen molar-refractivity contribution in [1.82, 2.24) is 29.2 Å². The Bertz CT molecular complexity index is 1320. The minimum absolute atomic E-state index is 0.0463. The standard InChI is InChI=1S/C20H17N7O3/c1-26-10-22-19-17(26)20(28)27(11-23-19)9-16-24-18(25-30-16)13-6-15(7-13)29-14-4-2-3-12(5-14)8-21/h2-5,10-11,13,15H,6-7,9H2,1H3/t13-,15-. The highest BCUT2D eigenvalue weighted by Gasteiger charge is 2.35. The summed E-state index contributed by atoms with van der Waals surface area (Å²) in [5.41, 5.74) is 1.19. The number of fused-ring (bicyclic) bond motifs is 1. The SMILES string of the molecule is Cn1cnc2ncn(Cc3nc([C@H]4C[C@H](Oc5cccc(C#N)c5)C4)no3)c(=O)c21. The zero-order valence-corrected chi connectivity index (χ0v) is 16.1. The van der Waals surface area contributed by atoms with E-state index in [2.05, 4.69) is 26.2 Å². The molecule has 0 amide bonds. The molecule has 0 spiro atoms. The summed E-state index contributed by atoms with van der Waals surface area (Å²) in [7, 11) is 1.75. The van der Waals surface area contributed by atoms with Crippen molar-refractivity contribution in [2.24, 2.45) is 7.05 Å². The first-order valence-corrected chi connectivity index (χ1v) is 9.46. The first-order chi connectivity index (χ1) is 14.6. The molecule has 3 heterocycles. The van der Waals surface area contributed by atoms with Crippen LogP contribution in [0, 0.1) is 11.3 Å². The van der Waals surface area contributed by atoms with Crippen molar-refractivity contribution < 1.29 is 9.26 Å². The highest BCUT2D eigenvalue weighted by atomic mass is 16.5. The molecule has 1 aliphatic carbocycles. The Kier molecular flexibility index (Phi) is 4.28. The highest BCUT2D eigenvalue weighted by molar-refractivity contribution is 5.68. The van der Waals surface area contributed by atoms with Crippen LogP contribution in [0.4, 0.5) is 0 Å². The number of imidazole rings is 1. The lowest BCUT2D eigenvalue weighted by molar-refractivity contribution is 0.0943. The van der Waals surface area contributed by atoms with Gasteiger partial charge in [-0.2, -0.15) is 10.2 Å². The predicted octanol–water partition coefficient (Wildman–Crippen LogP) is 1.76. The molecule has 1 aromatic carbocycles. The molecule has 10 nitrogen and oxygen atoms in total. The fraction of sp³-hybridized carbons (Fsp3) is 0.300. The minimum atomic E-state index is -0.212. The van der Waals surface area contributed by atoms with Crippen molar-refractivity contribution in [3.05, 3.63) is 64.6 Å². The van der Waals surface area contributed by atoms with Gasteiger partial charge in [-0.25, -0.2) is 9.97 Å². The maximum Gasteiger partial charge on any atom is 0.280 e. The third kappa shape index (κ3) is 3.20. The second-order valence-corrected chi connectivity index (χ2v) is 7.30. The zero-order valence-electron chi connectivity index (χ0n) is 16.1. The third-order valence-electron chi connectivity index (χ3n) is 5.22. The maximum atomic E-state index is 12.6. The average molecular weight is 403 g/mol. The number of ether oxygens (including phenoxy) is 1. The molecule has 4 aromatic rings. The lowest BCUT2D eigenvalue weighted by Gasteiger charge is -2.33. The van der Waals surface area contributed by atoms with E-state index in [0.29, 0.717) is 34.2 Å². The van der Waals surface area contributed by atoms with Gasteiger partial charge in [0.25, 0.3) is 5.56 Å². The molecule has 0 atom stereocenters. The van der Waals surface area contributed by atoms with Gasteiger partial charge in [-0.05, 0) is 31.0 Å². The Balaban J connectivity index is 1.24. The van der Waals surface area contributed by atoms with E-state index in [0.717, 1.165) is 12.8 Å². The Morgan fingerprint density at radius 2 is 2.13 bits per heavy atom. The molecule has 10 heteroatoms. The zero-order chi connectivity index (χ0) is 20.7. The number of aromatic nitrogens is 6. The van der Waals surface area contributed by atoms with Crippen LogP contribution in [0.3, 0.4) is 0 Å². The van der Waals surface area contributed by atoms with Crippen LogP contribution in [0.1, 0.15) is 36.0 Å². The lowest BCUT2D eigenvalue weighted by Crippen LogP contribution is -2.32. The van der Waals surface area contributed by atoms with Crippen LogP contribution in [0.2, 0.25) is 0 Å². The molecular formula is C20H17N7O3. The highest BCUT2D eigenvalue weighted by Crippen LogP contribution is 2.37. The van der Waals surface area contributed by atoms with Crippen molar-refractivity contribution in [3.63, 3.8) is 0 Å². The third-order valence-corrected chi connectivity index (χ3v) is 5.22. The predicted molar refractivity (Wildman–Crippen MR) is 104 cm³/mol. The van der Waals surface area contributed by atoms with E-state index in [1.54, 1.807) is 36.1 Å². The molecule has 1 saturated carbocycles. The molecule has 0 unspecified atom stereocenters. The van der Waals surface area contributed by atoms with E-state index in [4.69, 9.17) is 14.5 Å². The quantitative estimate of drug-likeness (QED) is 0.494. The topological polar surface area (TPSA) is 125 Å². The van der Waals surface area contributed by atoms with Gasteiger partial charge in [0.1, 0.15) is 24.7 Å². The van der Waals surface area contributed by atoms with Crippen LogP contribution in [-0.2, 0) is 13.6 Å². The van der Waals surface area contributed by atoms with Crippen LogP contribution in [0.15, 0.2) is 46.2 Å². The van der Waals surface area contributed by atoms with Gasteiger partial charge >= 0.3 is 0 Å². The summed E-state index contributed by atoms with van der Waals surface area (Å²) in [6.45, 7) is 0.146. The van der Waals surface area contributed by atoms with Gasteiger partial charge < -0.3 is 13.8 Å². The summed E-state index contributed by atoms with van der Waals surface area (Å²) in [4.78, 5) is 25.3. The Hall–Kier alpha value is -4.00. The first-order valence-electron chi connectivity index (χ1n) is 9.46. The summed E-state index contributed by atoms with van der Waals surface area (Å²) in [5.74, 6) is 1.78. The van der Waals surface area contributed by atoms with Gasteiger partial charge in [-0.15, -0.1) is 0 Å². The van der Waals surface area contributed by atoms with Gasteiger partial charge in [-0.1, -0.05) is 11.2 Å². The van der Waals surface area contributed by atoms with Gasteiger partial charge in [0.15, 0.2) is 17.0 Å². The number of nitrogens with zero attached hydrogens (tertiary/aromatic N) is 7. The fourth-order valence-corrected chi connectivity index (χ4v) is 3.53. The van der Waals surface area contributed by atoms with Gasteiger partial charge in [0, 0.05) is 13.0 Å². The maximum absolute atomic E-state index is 12.6. The van der Waals surface area contributed by atoms with E-state index in [9.17, 15) is 4.79 Å². The summed E-state index contributed by atoms with van der Waals surface area (Å²) in [5, 5.41) is 13.0. The van der Waals surface area contributed by atoms with Crippen molar-refractivity contribution >= 4 is 11.2 Å². The Morgan fingerprint density at radius 1 is 1.30 bits per heavy atom. The molecule has 30 heavy (non-hydrogen) atoms. The number of aryl methyl sites for hydroxylation is 1. The molecule has 1 aliphatic rings. The van der Waals surface area contributed by atoms with Crippen molar-refractivity contribution in [1.29, 1.82) is 5.26 Å². The first kappa shape index (κ1) is 18.1. The van der Waals surface area contributed by atoms with Crippen LogP contribution in [0.5, 0.6) is 5.75 Å². The molecule has 5 rings (SSSR count). The molecule has 3 aromatic heterocycles. The molecular weight excluding hydrogens is 386 g/mol. The fourth-order valence-electron chi connectivity index (χ4n) is 3.53. The van der Waals surface area contributed by atoms with E-state index < -0.39 is 0 Å². The number of hydrogen-bond donors (Lipinski definition) is 0. The van der Waals surface area contributed by atoms with Crippen LogP contribution in [-0.4, -0.2) is 35.3 Å². The van der Waals surface area contributed by atoms with E-state index in [-0.39, 0.29) is 24.1 Å². The largest absolute Gasteiger partial charge is 0.490 e. The molecule has 0 saturated heterocycles. The van der Waals surface area contributed by atoms with Crippen LogP contribution >= 0.6 is 0 Å². The van der Waals surface area contributed by atoms with Gasteiger partial charge in [-0.3, -0.25) is 9.36 Å². The van der Waals surface area contributed by atoms with Crippen molar-refractivity contribution in [3.8, 4) is 11.8 Å². The molecule has 1 fully saturated rings. The van der Waals surface area contributed by atoms with Gasteiger partial charge in [0.2, 0.25) is 5.89 Å². The van der Waals surface area contributed by atoms with Crippen molar-refractivity contribution in [2.75, 3.05) is 0 Å². The van der Waals surface area contributed by atoms with Crippen LogP contribution < -0.4 is 10.3 Å². The second-order valence-electron chi connectivity index (χ2n) is 7.30. The summed E-state index contributed by atoms with van der Waals surface area (Å²) in [6, 6.07) is 9.21. The minimum Gasteiger partial charge on any atom is -0.490 e. The normalized spacial score (nSPS) is 18.1. The average Bonchev–Trinajstić information content (AvgIpc) is 3.33. The molecule has 0 radical (unpaired) electrons. The summed E-state index contributed by atoms with van der Waals surface area (Å²) < 4.78 is 14.3. The molecule has 0 bridgehead atoms. The summed E-state index contributed by atoms with van der Waals surface area (Å²) >= 11 is 0. The van der Waals surface area contributed by atoms with Crippen molar-refractivity contribution in [2.45, 2.75) is 31.4 Å². The number of nitriles is 1. The molecule has 0 N–H and O–H groups in total. The number of hydrogen-bond acceptors (Lipinski definition) is 8. The van der Waals surface area contributed by atoms with E-state index in [1.807, 2.05) is 6.07 Å². The van der Waals surface area contributed by atoms with Crippen LogP contribution in [0.25, 0.3) is 11.2 Å². The second kappa shape index (κ2) is 7.11. The Labute approximate surface area is 170 Å². The Morgan fingerprint density at radius 3 is 2.97 bits per heavy atom. The lowest BCUT2D eigenvalue weighted by atomic mass is 9.81. The number of rotatable bonds is 5. The monoisotopic (exact) mass is 403 g/mol. The van der Waals surface area contributed by atoms with E-state index >= 15 is 0 Å². The smallest absolute Gasteiger partial charge is 0.280 e. The molecule has 0 aliphatic heterocycles.